The van der Waals surface area contributed by atoms with Crippen molar-refractivity contribution in [3.63, 3.8) is 0 Å². The van der Waals surface area contributed by atoms with Gasteiger partial charge in [0, 0.05) is 23.5 Å². The second-order valence-electron chi connectivity index (χ2n) is 6.51. The van der Waals surface area contributed by atoms with Gasteiger partial charge in [-0.25, -0.2) is 0 Å². The van der Waals surface area contributed by atoms with Crippen LogP contribution in [0.2, 0.25) is 0 Å². The van der Waals surface area contributed by atoms with E-state index in [9.17, 15) is 4.79 Å². The zero-order valence-corrected chi connectivity index (χ0v) is 13.9. The molecule has 0 saturated heterocycles. The average Bonchev–Trinajstić information content (AvgIpc) is 3.03. The third-order valence-electron chi connectivity index (χ3n) is 3.60. The summed E-state index contributed by atoms with van der Waals surface area (Å²) in [6.07, 6.45) is 4.85. The van der Waals surface area contributed by atoms with E-state index in [-0.39, 0.29) is 11.3 Å². The van der Waals surface area contributed by atoms with Crippen molar-refractivity contribution in [2.75, 3.05) is 5.32 Å². The van der Waals surface area contributed by atoms with Crippen LogP contribution in [0.15, 0.2) is 48.9 Å². The van der Waals surface area contributed by atoms with Gasteiger partial charge in [-0.05, 0) is 24.3 Å². The maximum atomic E-state index is 12.4. The van der Waals surface area contributed by atoms with Crippen LogP contribution in [0, 0.1) is 0 Å². The third kappa shape index (κ3) is 3.32. The molecule has 6 heteroatoms. The smallest absolute Gasteiger partial charge is 0.257 e. The first kappa shape index (κ1) is 15.9. The van der Waals surface area contributed by atoms with Crippen molar-refractivity contribution in [2.24, 2.45) is 0 Å². The molecule has 0 aromatic carbocycles. The number of pyridine rings is 2. The first-order chi connectivity index (χ1) is 11.4. The van der Waals surface area contributed by atoms with Gasteiger partial charge >= 0.3 is 0 Å². The summed E-state index contributed by atoms with van der Waals surface area (Å²) in [7, 11) is 0. The zero-order valence-electron chi connectivity index (χ0n) is 13.9. The Morgan fingerprint density at radius 3 is 2.54 bits per heavy atom. The summed E-state index contributed by atoms with van der Waals surface area (Å²) >= 11 is 0. The van der Waals surface area contributed by atoms with E-state index in [0.29, 0.717) is 22.6 Å². The highest BCUT2D eigenvalue weighted by Gasteiger charge is 2.17. The van der Waals surface area contributed by atoms with E-state index >= 15 is 0 Å². The molecular formula is C18H19N5O. The lowest BCUT2D eigenvalue weighted by Gasteiger charge is -2.17. The molecule has 1 amide bonds. The number of nitrogens with one attached hydrogen (secondary N) is 2. The molecule has 0 unspecified atom stereocenters. The normalized spacial score (nSPS) is 11.3. The number of aromatic amines is 1. The van der Waals surface area contributed by atoms with Gasteiger partial charge in [0.15, 0.2) is 0 Å². The number of amides is 1. The summed E-state index contributed by atoms with van der Waals surface area (Å²) < 4.78 is 0. The van der Waals surface area contributed by atoms with Gasteiger partial charge in [-0.15, -0.1) is 0 Å². The molecule has 0 aliphatic rings. The molecule has 3 aromatic heterocycles. The van der Waals surface area contributed by atoms with Crippen LogP contribution < -0.4 is 5.32 Å². The molecule has 24 heavy (non-hydrogen) atoms. The van der Waals surface area contributed by atoms with Gasteiger partial charge in [-0.2, -0.15) is 5.10 Å². The number of hydrogen-bond acceptors (Lipinski definition) is 4. The van der Waals surface area contributed by atoms with Crippen molar-refractivity contribution < 1.29 is 4.79 Å². The Morgan fingerprint density at radius 2 is 1.92 bits per heavy atom. The van der Waals surface area contributed by atoms with E-state index in [2.05, 4.69) is 46.3 Å². The van der Waals surface area contributed by atoms with E-state index in [4.69, 9.17) is 0 Å². The topological polar surface area (TPSA) is 83.6 Å². The first-order valence-electron chi connectivity index (χ1n) is 7.68. The van der Waals surface area contributed by atoms with Gasteiger partial charge in [0.1, 0.15) is 5.69 Å². The van der Waals surface area contributed by atoms with Crippen LogP contribution in [0.3, 0.4) is 0 Å². The summed E-state index contributed by atoms with van der Waals surface area (Å²) in [5, 5.41) is 9.71. The van der Waals surface area contributed by atoms with Gasteiger partial charge in [0.2, 0.25) is 0 Å². The molecule has 0 bridgehead atoms. The monoisotopic (exact) mass is 321 g/mol. The molecule has 3 aromatic rings. The number of carbonyl (C=O) groups excluding carboxylic acids is 1. The second-order valence-corrected chi connectivity index (χ2v) is 6.51. The molecule has 0 aliphatic heterocycles. The van der Waals surface area contributed by atoms with E-state index in [1.807, 2.05) is 24.3 Å². The van der Waals surface area contributed by atoms with Crippen molar-refractivity contribution >= 4 is 11.6 Å². The molecule has 0 fully saturated rings. The quantitative estimate of drug-likeness (QED) is 0.774. The van der Waals surface area contributed by atoms with Gasteiger partial charge in [-0.1, -0.05) is 26.8 Å². The summed E-state index contributed by atoms with van der Waals surface area (Å²) in [6, 6.07) is 9.22. The van der Waals surface area contributed by atoms with Gasteiger partial charge in [0.25, 0.3) is 5.91 Å². The van der Waals surface area contributed by atoms with E-state index in [0.717, 1.165) is 5.69 Å². The van der Waals surface area contributed by atoms with Crippen molar-refractivity contribution in [1.82, 2.24) is 20.2 Å². The highest BCUT2D eigenvalue weighted by molar-refractivity contribution is 6.05. The second kappa shape index (κ2) is 6.23. The summed E-state index contributed by atoms with van der Waals surface area (Å²) in [4.78, 5) is 21.1. The molecule has 0 saturated carbocycles. The van der Waals surface area contributed by atoms with E-state index in [1.165, 1.54) is 0 Å². The number of H-pyrrole nitrogens is 1. The Balaban J connectivity index is 1.80. The van der Waals surface area contributed by atoms with Gasteiger partial charge in [-0.3, -0.25) is 19.9 Å². The molecule has 3 rings (SSSR count). The lowest BCUT2D eigenvalue weighted by atomic mass is 9.91. The van der Waals surface area contributed by atoms with Crippen LogP contribution in [-0.2, 0) is 5.41 Å². The van der Waals surface area contributed by atoms with Crippen LogP contribution in [-0.4, -0.2) is 26.1 Å². The molecule has 0 spiro atoms. The lowest BCUT2D eigenvalue weighted by Crippen LogP contribution is -2.16. The average molecular weight is 321 g/mol. The molecule has 3 heterocycles. The molecule has 0 radical (unpaired) electrons. The fraction of sp³-hybridized carbons (Fsp3) is 0.222. The number of aromatic nitrogens is 4. The number of hydrogen-bond donors (Lipinski definition) is 2. The Morgan fingerprint density at radius 1 is 1.08 bits per heavy atom. The Kier molecular flexibility index (Phi) is 4.12. The third-order valence-corrected chi connectivity index (χ3v) is 3.60. The van der Waals surface area contributed by atoms with Crippen LogP contribution in [0.5, 0.6) is 0 Å². The van der Waals surface area contributed by atoms with Gasteiger partial charge in [0.05, 0.1) is 23.1 Å². The molecule has 122 valence electrons. The fourth-order valence-corrected chi connectivity index (χ4v) is 2.25. The minimum atomic E-state index is -0.235. The molecule has 6 nitrogen and oxygen atoms in total. The highest BCUT2D eigenvalue weighted by atomic mass is 16.1. The predicted octanol–water partition coefficient (Wildman–Crippen LogP) is 3.42. The van der Waals surface area contributed by atoms with Crippen LogP contribution in [0.4, 0.5) is 5.69 Å². The fourth-order valence-electron chi connectivity index (χ4n) is 2.25. The van der Waals surface area contributed by atoms with Crippen molar-refractivity contribution in [3.05, 3.63) is 60.2 Å². The van der Waals surface area contributed by atoms with Crippen LogP contribution in [0.1, 0.15) is 36.8 Å². The molecule has 2 N–H and O–H groups in total. The standard InChI is InChI=1S/C18H19N5O/c1-18(2,3)15-8-7-12(10-20-15)17(24)22-14-11-21-23-16(14)13-6-4-5-9-19-13/h4-11H,1-3H3,(H,21,23)(H,22,24). The SMILES string of the molecule is CC(C)(C)c1ccc(C(=O)Nc2cn[nH]c2-c2ccccn2)cn1. The van der Waals surface area contributed by atoms with Crippen molar-refractivity contribution in [1.29, 1.82) is 0 Å². The zero-order chi connectivity index (χ0) is 17.2. The maximum Gasteiger partial charge on any atom is 0.257 e. The van der Waals surface area contributed by atoms with E-state index in [1.54, 1.807) is 24.7 Å². The van der Waals surface area contributed by atoms with Crippen LogP contribution in [0.25, 0.3) is 11.4 Å². The molecular weight excluding hydrogens is 302 g/mol. The highest BCUT2D eigenvalue weighted by Crippen LogP contribution is 2.24. The van der Waals surface area contributed by atoms with E-state index < -0.39 is 0 Å². The Labute approximate surface area is 140 Å². The minimum absolute atomic E-state index is 0.0499. The predicted molar refractivity (Wildman–Crippen MR) is 92.7 cm³/mol. The summed E-state index contributed by atoms with van der Waals surface area (Å²) in [6.45, 7) is 6.25. The number of nitrogens with zero attached hydrogens (tertiary/aromatic N) is 3. The Bertz CT molecular complexity index is 832. The Hall–Kier alpha value is -3.02. The molecule has 0 aliphatic carbocycles. The lowest BCUT2D eigenvalue weighted by molar-refractivity contribution is 0.102. The summed E-state index contributed by atoms with van der Waals surface area (Å²) in [5.74, 6) is -0.235. The van der Waals surface area contributed by atoms with Crippen molar-refractivity contribution in [3.8, 4) is 11.4 Å². The number of anilines is 1. The number of rotatable bonds is 3. The molecule has 0 atom stereocenters. The minimum Gasteiger partial charge on any atom is -0.319 e. The van der Waals surface area contributed by atoms with Gasteiger partial charge < -0.3 is 5.32 Å². The summed E-state index contributed by atoms with van der Waals surface area (Å²) in [5.41, 5.74) is 3.35. The largest absolute Gasteiger partial charge is 0.319 e. The first-order valence-corrected chi connectivity index (χ1v) is 7.68. The van der Waals surface area contributed by atoms with Crippen molar-refractivity contribution in [2.45, 2.75) is 26.2 Å². The maximum absolute atomic E-state index is 12.4. The van der Waals surface area contributed by atoms with Crippen LogP contribution >= 0.6 is 0 Å². The number of carbonyl (C=O) groups is 1.